The molecule has 0 aliphatic rings. The average Bonchev–Trinajstić information content (AvgIpc) is 3.30. The first-order valence-electron chi connectivity index (χ1n) is 12.7. The number of aromatic nitrogens is 3. The number of alkyl halides is 3. The van der Waals surface area contributed by atoms with Gasteiger partial charge in [0.1, 0.15) is 6.61 Å². The van der Waals surface area contributed by atoms with Gasteiger partial charge >= 0.3 is 6.18 Å². The molecule has 2 aromatic carbocycles. The van der Waals surface area contributed by atoms with Crippen LogP contribution in [0.1, 0.15) is 42.9 Å². The summed E-state index contributed by atoms with van der Waals surface area (Å²) >= 11 is 0. The maximum absolute atomic E-state index is 14.3. The molecule has 7 nitrogen and oxygen atoms in total. The molecule has 11 heteroatoms. The van der Waals surface area contributed by atoms with Crippen LogP contribution in [0.3, 0.4) is 0 Å². The maximum atomic E-state index is 14.3. The van der Waals surface area contributed by atoms with Crippen molar-refractivity contribution in [1.29, 1.82) is 0 Å². The summed E-state index contributed by atoms with van der Waals surface area (Å²) in [5, 5.41) is 9.52. The van der Waals surface area contributed by atoms with Crippen molar-refractivity contribution in [3.05, 3.63) is 89.5 Å². The number of fused-ring (bicyclic) bond motifs is 1. The lowest BCUT2D eigenvalue weighted by atomic mass is 9.88. The summed E-state index contributed by atoms with van der Waals surface area (Å²) in [4.78, 5) is 15.2. The van der Waals surface area contributed by atoms with Gasteiger partial charge in [-0.25, -0.2) is 4.98 Å². The molecular formula is C29H29F4N5O2. The molecule has 0 bridgehead atoms. The Labute approximate surface area is 228 Å². The zero-order chi connectivity index (χ0) is 28.7. The molecular weight excluding hydrogens is 526 g/mol. The minimum Gasteiger partial charge on any atom is -0.476 e. The molecule has 0 aliphatic carbocycles. The number of pyridine rings is 1. The number of H-pyrrole nitrogens is 1. The van der Waals surface area contributed by atoms with Crippen molar-refractivity contribution in [3.63, 3.8) is 0 Å². The number of primary amides is 1. The molecule has 4 rings (SSSR count). The highest BCUT2D eigenvalue weighted by atomic mass is 19.4. The van der Waals surface area contributed by atoms with Gasteiger partial charge in [0.05, 0.1) is 17.3 Å². The quantitative estimate of drug-likeness (QED) is 0.119. The third-order valence-corrected chi connectivity index (χ3v) is 6.30. The number of rotatable bonds is 12. The smallest absolute Gasteiger partial charge is 0.393 e. The number of benzene rings is 2. The Morgan fingerprint density at radius 1 is 1.07 bits per heavy atom. The second-order valence-corrected chi connectivity index (χ2v) is 9.38. The highest BCUT2D eigenvalue weighted by Gasteiger charge is 2.31. The number of amides is 1. The molecule has 0 spiro atoms. The van der Waals surface area contributed by atoms with Crippen molar-refractivity contribution in [2.45, 2.75) is 38.4 Å². The number of hydrogen-bond acceptors (Lipinski definition) is 5. The molecule has 0 saturated heterocycles. The van der Waals surface area contributed by atoms with E-state index in [-0.39, 0.29) is 41.5 Å². The number of allylic oxidation sites excluding steroid dienone is 1. The number of carbonyl (C=O) groups is 1. The fourth-order valence-corrected chi connectivity index (χ4v) is 4.36. The zero-order valence-corrected chi connectivity index (χ0v) is 21.8. The van der Waals surface area contributed by atoms with Crippen molar-refractivity contribution < 1.29 is 27.1 Å². The summed E-state index contributed by atoms with van der Waals surface area (Å²) in [5.41, 5.74) is 7.09. The van der Waals surface area contributed by atoms with Gasteiger partial charge in [0.15, 0.2) is 0 Å². The molecule has 0 saturated carbocycles. The number of carbonyl (C=O) groups excluding carboxylic acids is 1. The molecule has 0 radical (unpaired) electrons. The SMILES string of the molecule is CC(CCC(N)=O)NCCOc1ccc(C(=C(CC(F)(F)F)c2ccccc2)c2ccc3[nH]nc(F)c3c2)cn1. The summed E-state index contributed by atoms with van der Waals surface area (Å²) in [5.74, 6) is -0.807. The third-order valence-electron chi connectivity index (χ3n) is 6.30. The molecule has 0 aliphatic heterocycles. The number of hydrogen-bond donors (Lipinski definition) is 3. The molecule has 2 aromatic heterocycles. The van der Waals surface area contributed by atoms with E-state index in [1.165, 1.54) is 12.3 Å². The van der Waals surface area contributed by atoms with E-state index in [0.29, 0.717) is 41.1 Å². The molecule has 0 fully saturated rings. The van der Waals surface area contributed by atoms with Crippen molar-refractivity contribution in [2.75, 3.05) is 13.2 Å². The van der Waals surface area contributed by atoms with Crippen molar-refractivity contribution in [3.8, 4) is 5.88 Å². The maximum Gasteiger partial charge on any atom is 0.393 e. The minimum atomic E-state index is -4.50. The first kappa shape index (κ1) is 28.8. The molecule has 4 aromatic rings. The summed E-state index contributed by atoms with van der Waals surface area (Å²) in [6.45, 7) is 2.71. The minimum absolute atomic E-state index is 0.0287. The van der Waals surface area contributed by atoms with Crippen molar-refractivity contribution in [2.24, 2.45) is 5.73 Å². The van der Waals surface area contributed by atoms with Crippen molar-refractivity contribution >= 4 is 28.0 Å². The number of nitrogens with one attached hydrogen (secondary N) is 2. The van der Waals surface area contributed by atoms with Crippen LogP contribution in [0.25, 0.3) is 22.0 Å². The summed E-state index contributed by atoms with van der Waals surface area (Å²) in [6.07, 6.45) is -3.36. The standard InChI is InChI=1S/C29H29F4N5O2/c1-18(7-11-25(34)39)35-13-14-40-26-12-9-21(17-36-26)27(20-8-10-24-22(15-20)28(30)38-37-24)23(16-29(31,32)33)19-5-3-2-4-6-19/h2-6,8-10,12,15,17-18,35H,7,11,13-14,16H2,1H3,(H2,34,39)(H,37,38). The van der Waals surface area contributed by atoms with Gasteiger partial charge in [-0.3, -0.25) is 9.89 Å². The van der Waals surface area contributed by atoms with Crippen LogP contribution in [0, 0.1) is 5.95 Å². The van der Waals surface area contributed by atoms with Gasteiger partial charge in [0.2, 0.25) is 17.7 Å². The number of nitrogens with zero attached hydrogens (tertiary/aromatic N) is 2. The molecule has 4 N–H and O–H groups in total. The van der Waals surface area contributed by atoms with Crippen LogP contribution in [0.4, 0.5) is 17.6 Å². The first-order chi connectivity index (χ1) is 19.1. The van der Waals surface area contributed by atoms with Gasteiger partial charge in [-0.15, -0.1) is 5.10 Å². The first-order valence-corrected chi connectivity index (χ1v) is 12.7. The Bertz CT molecular complexity index is 1470. The average molecular weight is 556 g/mol. The van der Waals surface area contributed by atoms with Gasteiger partial charge in [-0.1, -0.05) is 36.4 Å². The Hall–Kier alpha value is -4.25. The third kappa shape index (κ3) is 7.66. The van der Waals surface area contributed by atoms with Crippen LogP contribution < -0.4 is 15.8 Å². The summed E-state index contributed by atoms with van der Waals surface area (Å²) < 4.78 is 61.6. The van der Waals surface area contributed by atoms with Crippen LogP contribution >= 0.6 is 0 Å². The largest absolute Gasteiger partial charge is 0.476 e. The van der Waals surface area contributed by atoms with E-state index in [2.05, 4.69) is 20.5 Å². The number of ether oxygens (including phenoxy) is 1. The van der Waals surface area contributed by atoms with E-state index in [9.17, 15) is 22.4 Å². The highest BCUT2D eigenvalue weighted by Crippen LogP contribution is 2.40. The zero-order valence-electron chi connectivity index (χ0n) is 21.8. The number of aromatic amines is 1. The van der Waals surface area contributed by atoms with Gasteiger partial charge in [0, 0.05) is 36.8 Å². The Morgan fingerprint density at radius 2 is 1.82 bits per heavy atom. The van der Waals surface area contributed by atoms with Gasteiger partial charge in [-0.2, -0.15) is 17.6 Å². The monoisotopic (exact) mass is 555 g/mol. The van der Waals surface area contributed by atoms with Crippen molar-refractivity contribution in [1.82, 2.24) is 20.5 Å². The molecule has 2 heterocycles. The fraction of sp³-hybridized carbons (Fsp3) is 0.276. The van der Waals surface area contributed by atoms with Crippen LogP contribution in [-0.4, -0.2) is 46.5 Å². The fourth-order valence-electron chi connectivity index (χ4n) is 4.36. The number of halogens is 4. The topological polar surface area (TPSA) is 106 Å². The van der Waals surface area contributed by atoms with E-state index >= 15 is 0 Å². The lowest BCUT2D eigenvalue weighted by molar-refractivity contribution is -0.123. The van der Waals surface area contributed by atoms with Crippen LogP contribution in [0.5, 0.6) is 5.88 Å². The lowest BCUT2D eigenvalue weighted by Gasteiger charge is -2.19. The Balaban J connectivity index is 1.65. The predicted octanol–water partition coefficient (Wildman–Crippen LogP) is 5.63. The van der Waals surface area contributed by atoms with Crippen LogP contribution in [0.2, 0.25) is 0 Å². The van der Waals surface area contributed by atoms with E-state index in [1.54, 1.807) is 54.6 Å². The van der Waals surface area contributed by atoms with Crippen LogP contribution in [0.15, 0.2) is 66.9 Å². The predicted molar refractivity (Wildman–Crippen MR) is 145 cm³/mol. The Morgan fingerprint density at radius 3 is 2.50 bits per heavy atom. The molecule has 1 atom stereocenters. The van der Waals surface area contributed by atoms with E-state index in [0.717, 1.165) is 0 Å². The van der Waals surface area contributed by atoms with Gasteiger partial charge in [0.25, 0.3) is 0 Å². The summed E-state index contributed by atoms with van der Waals surface area (Å²) in [6, 6.07) is 16.3. The molecule has 1 unspecified atom stereocenters. The van der Waals surface area contributed by atoms with E-state index < -0.39 is 18.5 Å². The number of nitrogens with two attached hydrogens (primary N) is 1. The Kier molecular flexibility index (Phi) is 9.15. The molecule has 210 valence electrons. The highest BCUT2D eigenvalue weighted by molar-refractivity contribution is 6.00. The van der Waals surface area contributed by atoms with Crippen LogP contribution in [-0.2, 0) is 4.79 Å². The molecule has 1 amide bonds. The van der Waals surface area contributed by atoms with Gasteiger partial charge < -0.3 is 15.8 Å². The second kappa shape index (κ2) is 12.7. The van der Waals surface area contributed by atoms with E-state index in [4.69, 9.17) is 10.5 Å². The second-order valence-electron chi connectivity index (χ2n) is 9.38. The molecule has 40 heavy (non-hydrogen) atoms. The summed E-state index contributed by atoms with van der Waals surface area (Å²) in [7, 11) is 0. The normalized spacial score (nSPS) is 13.2. The van der Waals surface area contributed by atoms with Gasteiger partial charge in [-0.05, 0) is 53.8 Å². The lowest BCUT2D eigenvalue weighted by Crippen LogP contribution is -2.31. The van der Waals surface area contributed by atoms with E-state index in [1.807, 2.05) is 6.92 Å².